The van der Waals surface area contributed by atoms with Crippen molar-refractivity contribution >= 4 is 50.9 Å². The van der Waals surface area contributed by atoms with E-state index in [1.54, 1.807) is 11.8 Å². The van der Waals surface area contributed by atoms with E-state index in [1.165, 1.54) is 12.1 Å². The molecule has 88 valence electrons. The first-order valence-electron chi connectivity index (χ1n) is 4.48. The Morgan fingerprint density at radius 3 is 2.94 bits per heavy atom. The van der Waals surface area contributed by atoms with Crippen LogP contribution in [0.1, 0.15) is 6.42 Å². The minimum Gasteiger partial charge on any atom is -0.324 e. The first-order chi connectivity index (χ1) is 7.54. The molecule has 2 nitrogen and oxygen atoms in total. The monoisotopic (exact) mass is 325 g/mol. The van der Waals surface area contributed by atoms with E-state index in [9.17, 15) is 9.18 Å². The molecule has 0 atom stereocenters. The third-order valence-electron chi connectivity index (χ3n) is 1.82. The van der Waals surface area contributed by atoms with Crippen molar-refractivity contribution in [1.82, 2.24) is 0 Å². The van der Waals surface area contributed by atoms with Crippen molar-refractivity contribution in [2.24, 2.45) is 0 Å². The van der Waals surface area contributed by atoms with E-state index in [0.29, 0.717) is 21.7 Å². The Balaban J connectivity index is 2.73. The fourth-order valence-corrected chi connectivity index (χ4v) is 1.89. The van der Waals surface area contributed by atoms with Gasteiger partial charge in [-0.2, -0.15) is 11.8 Å². The predicted octanol–water partition coefficient (Wildman–Crippen LogP) is 3.93. The average Bonchev–Trinajstić information content (AvgIpc) is 2.23. The van der Waals surface area contributed by atoms with Crippen molar-refractivity contribution in [3.05, 3.63) is 27.4 Å². The van der Waals surface area contributed by atoms with Crippen molar-refractivity contribution < 1.29 is 9.18 Å². The van der Waals surface area contributed by atoms with Gasteiger partial charge in [0.2, 0.25) is 5.91 Å². The Kier molecular flexibility index (Phi) is 5.58. The van der Waals surface area contributed by atoms with Crippen LogP contribution in [0, 0.1) is 5.82 Å². The van der Waals surface area contributed by atoms with Crippen molar-refractivity contribution in [2.75, 3.05) is 17.3 Å². The van der Waals surface area contributed by atoms with E-state index in [1.807, 2.05) is 6.26 Å². The van der Waals surface area contributed by atoms with E-state index in [2.05, 4.69) is 21.2 Å². The molecule has 0 aliphatic rings. The minimum absolute atomic E-state index is 0.110. The zero-order valence-corrected chi connectivity index (χ0v) is 11.7. The van der Waals surface area contributed by atoms with Crippen molar-refractivity contribution in [1.29, 1.82) is 0 Å². The molecule has 0 aromatic heterocycles. The van der Waals surface area contributed by atoms with Crippen LogP contribution >= 0.6 is 39.3 Å². The highest BCUT2D eigenvalue weighted by molar-refractivity contribution is 9.10. The summed E-state index contributed by atoms with van der Waals surface area (Å²) >= 11 is 10.5. The third-order valence-corrected chi connectivity index (χ3v) is 3.63. The second-order valence-corrected chi connectivity index (χ2v) is 5.28. The van der Waals surface area contributed by atoms with Crippen LogP contribution in [0.15, 0.2) is 16.6 Å². The summed E-state index contributed by atoms with van der Waals surface area (Å²) in [6.45, 7) is 0. The molecule has 0 heterocycles. The lowest BCUT2D eigenvalue weighted by atomic mass is 10.3. The molecule has 1 N–H and O–H groups in total. The van der Waals surface area contributed by atoms with Gasteiger partial charge in [0.1, 0.15) is 5.82 Å². The van der Waals surface area contributed by atoms with Gasteiger partial charge in [-0.25, -0.2) is 4.39 Å². The Bertz CT molecular complexity index is 403. The molecule has 0 spiro atoms. The summed E-state index contributed by atoms with van der Waals surface area (Å²) in [6.07, 6.45) is 2.26. The number of halogens is 3. The van der Waals surface area contributed by atoms with Gasteiger partial charge in [0, 0.05) is 16.6 Å². The number of hydrogen-bond donors (Lipinski definition) is 1. The summed E-state index contributed by atoms with van der Waals surface area (Å²) in [6, 6.07) is 2.62. The molecule has 0 aliphatic heterocycles. The fourth-order valence-electron chi connectivity index (χ4n) is 1.03. The van der Waals surface area contributed by atoms with Crippen LogP contribution in [-0.4, -0.2) is 17.9 Å². The van der Waals surface area contributed by atoms with Gasteiger partial charge in [-0.15, -0.1) is 0 Å². The van der Waals surface area contributed by atoms with Crippen LogP contribution in [0.4, 0.5) is 10.1 Å². The molecule has 0 bridgehead atoms. The standard InChI is InChI=1S/C10H10BrClFNOS/c1-16-3-2-10(15)14-9-5-7(12)6(11)4-8(9)13/h4-5H,2-3H2,1H3,(H,14,15). The van der Waals surface area contributed by atoms with E-state index in [-0.39, 0.29) is 11.6 Å². The maximum atomic E-state index is 13.4. The molecule has 0 unspecified atom stereocenters. The number of amides is 1. The second kappa shape index (κ2) is 6.47. The maximum absolute atomic E-state index is 13.4. The van der Waals surface area contributed by atoms with Gasteiger partial charge in [-0.05, 0) is 34.3 Å². The first-order valence-corrected chi connectivity index (χ1v) is 7.04. The molecule has 0 saturated carbocycles. The number of anilines is 1. The van der Waals surface area contributed by atoms with Crippen LogP contribution in [0.25, 0.3) is 0 Å². The van der Waals surface area contributed by atoms with Gasteiger partial charge >= 0.3 is 0 Å². The van der Waals surface area contributed by atoms with Crippen LogP contribution in [0.5, 0.6) is 0 Å². The molecule has 0 aliphatic carbocycles. The molecular formula is C10H10BrClFNOS. The van der Waals surface area contributed by atoms with Gasteiger partial charge in [-0.3, -0.25) is 4.79 Å². The molecular weight excluding hydrogens is 317 g/mol. The molecule has 0 saturated heterocycles. The number of thioether (sulfide) groups is 1. The maximum Gasteiger partial charge on any atom is 0.225 e. The lowest BCUT2D eigenvalue weighted by Crippen LogP contribution is -2.13. The Hall–Kier alpha value is -0.260. The Morgan fingerprint density at radius 1 is 1.62 bits per heavy atom. The Labute approximate surface area is 111 Å². The van der Waals surface area contributed by atoms with E-state index < -0.39 is 5.82 Å². The summed E-state index contributed by atoms with van der Waals surface area (Å²) < 4.78 is 13.9. The van der Waals surface area contributed by atoms with Gasteiger partial charge in [0.25, 0.3) is 0 Å². The zero-order chi connectivity index (χ0) is 12.1. The third kappa shape index (κ3) is 3.96. The first kappa shape index (κ1) is 13.8. The molecule has 0 fully saturated rings. The fraction of sp³-hybridized carbons (Fsp3) is 0.300. The number of rotatable bonds is 4. The van der Waals surface area contributed by atoms with Crippen molar-refractivity contribution in [3.63, 3.8) is 0 Å². The van der Waals surface area contributed by atoms with Crippen molar-refractivity contribution in [2.45, 2.75) is 6.42 Å². The second-order valence-electron chi connectivity index (χ2n) is 3.04. The van der Waals surface area contributed by atoms with Crippen LogP contribution < -0.4 is 5.32 Å². The van der Waals surface area contributed by atoms with Gasteiger partial charge < -0.3 is 5.32 Å². The highest BCUT2D eigenvalue weighted by atomic mass is 79.9. The highest BCUT2D eigenvalue weighted by Gasteiger charge is 2.09. The smallest absolute Gasteiger partial charge is 0.225 e. The molecule has 0 radical (unpaired) electrons. The van der Waals surface area contributed by atoms with Crippen LogP contribution in [0.2, 0.25) is 5.02 Å². The predicted molar refractivity (Wildman–Crippen MR) is 70.7 cm³/mol. The van der Waals surface area contributed by atoms with Gasteiger partial charge in [-0.1, -0.05) is 11.6 Å². The minimum atomic E-state index is -0.506. The number of nitrogens with one attached hydrogen (secondary N) is 1. The SMILES string of the molecule is CSCCC(=O)Nc1cc(Cl)c(Br)cc1F. The number of hydrogen-bond acceptors (Lipinski definition) is 2. The zero-order valence-electron chi connectivity index (χ0n) is 8.52. The van der Waals surface area contributed by atoms with Crippen LogP contribution in [-0.2, 0) is 4.79 Å². The molecule has 1 amide bonds. The summed E-state index contributed by atoms with van der Waals surface area (Å²) in [5, 5.41) is 2.84. The molecule has 1 aromatic carbocycles. The average molecular weight is 327 g/mol. The topological polar surface area (TPSA) is 29.1 Å². The highest BCUT2D eigenvalue weighted by Crippen LogP contribution is 2.28. The largest absolute Gasteiger partial charge is 0.324 e. The summed E-state index contributed by atoms with van der Waals surface area (Å²) in [5.74, 6) is -0.0158. The normalized spacial score (nSPS) is 10.2. The van der Waals surface area contributed by atoms with Gasteiger partial charge in [0.05, 0.1) is 10.7 Å². The number of benzene rings is 1. The van der Waals surface area contributed by atoms with E-state index in [4.69, 9.17) is 11.6 Å². The van der Waals surface area contributed by atoms with Gasteiger partial charge in [0.15, 0.2) is 0 Å². The summed E-state index contributed by atoms with van der Waals surface area (Å²) in [7, 11) is 0. The lowest BCUT2D eigenvalue weighted by molar-refractivity contribution is -0.115. The number of carbonyl (C=O) groups is 1. The molecule has 6 heteroatoms. The summed E-state index contributed by atoms with van der Waals surface area (Å²) in [5.41, 5.74) is 0.110. The number of carbonyl (C=O) groups excluding carboxylic acids is 1. The van der Waals surface area contributed by atoms with Crippen molar-refractivity contribution in [3.8, 4) is 0 Å². The van der Waals surface area contributed by atoms with E-state index in [0.717, 1.165) is 0 Å². The molecule has 1 aromatic rings. The quantitative estimate of drug-likeness (QED) is 0.849. The van der Waals surface area contributed by atoms with Crippen LogP contribution in [0.3, 0.4) is 0 Å². The lowest BCUT2D eigenvalue weighted by Gasteiger charge is -2.07. The molecule has 16 heavy (non-hydrogen) atoms. The molecule has 1 rings (SSSR count). The summed E-state index contributed by atoms with van der Waals surface area (Å²) in [4.78, 5) is 11.4. The Morgan fingerprint density at radius 2 is 2.31 bits per heavy atom. The van der Waals surface area contributed by atoms with E-state index >= 15 is 0 Å².